The maximum Gasteiger partial charge on any atom is 0.333 e. The van der Waals surface area contributed by atoms with Crippen LogP contribution in [0.4, 0.5) is 0 Å². The third-order valence-electron chi connectivity index (χ3n) is 4.21. The highest BCUT2D eigenvalue weighted by atomic mass is 35.5. The topological polar surface area (TPSA) is 84.9 Å². The van der Waals surface area contributed by atoms with Gasteiger partial charge in [0.2, 0.25) is 5.91 Å². The molecule has 0 saturated carbocycles. The van der Waals surface area contributed by atoms with Crippen molar-refractivity contribution in [2.45, 2.75) is 39.0 Å². The van der Waals surface area contributed by atoms with Gasteiger partial charge in [-0.2, -0.15) is 0 Å². The molecule has 1 amide bonds. The Kier molecular flexibility index (Phi) is 8.89. The Labute approximate surface area is 181 Å². The average molecular weight is 432 g/mol. The Balaban J connectivity index is 2.06. The molecule has 2 N–H and O–H groups in total. The number of halogens is 1. The molecule has 30 heavy (non-hydrogen) atoms. The van der Waals surface area contributed by atoms with Gasteiger partial charge < -0.3 is 19.9 Å². The van der Waals surface area contributed by atoms with Crippen LogP contribution in [-0.2, 0) is 27.3 Å². The van der Waals surface area contributed by atoms with Crippen molar-refractivity contribution < 1.29 is 24.2 Å². The molecule has 0 aliphatic heterocycles. The molecule has 1 unspecified atom stereocenters. The van der Waals surface area contributed by atoms with Crippen LogP contribution in [0.15, 0.2) is 48.5 Å². The zero-order valence-electron chi connectivity index (χ0n) is 17.2. The van der Waals surface area contributed by atoms with Crippen molar-refractivity contribution in [3.05, 3.63) is 70.3 Å². The predicted molar refractivity (Wildman–Crippen MR) is 117 cm³/mol. The van der Waals surface area contributed by atoms with Gasteiger partial charge in [0, 0.05) is 29.6 Å². The van der Waals surface area contributed by atoms with E-state index >= 15 is 0 Å². The molecule has 0 spiro atoms. The van der Waals surface area contributed by atoms with Crippen molar-refractivity contribution in [2.75, 3.05) is 7.11 Å². The third kappa shape index (κ3) is 7.54. The number of amides is 1. The van der Waals surface area contributed by atoms with E-state index in [0.717, 1.165) is 16.7 Å². The lowest BCUT2D eigenvalue weighted by atomic mass is 10.0. The first-order chi connectivity index (χ1) is 14.3. The van der Waals surface area contributed by atoms with Crippen LogP contribution in [0.5, 0.6) is 5.75 Å². The lowest BCUT2D eigenvalue weighted by Gasteiger charge is -2.17. The van der Waals surface area contributed by atoms with E-state index in [0.29, 0.717) is 10.8 Å². The van der Waals surface area contributed by atoms with E-state index in [9.17, 15) is 14.7 Å². The molecule has 0 aliphatic carbocycles. The number of benzene rings is 2. The normalized spacial score (nSPS) is 12.2. The van der Waals surface area contributed by atoms with Crippen LogP contribution >= 0.6 is 11.6 Å². The monoisotopic (exact) mass is 431 g/mol. The zero-order valence-corrected chi connectivity index (χ0v) is 18.0. The van der Waals surface area contributed by atoms with Crippen LogP contribution in [0.3, 0.4) is 0 Å². The molecule has 0 aromatic heterocycles. The first-order valence-corrected chi connectivity index (χ1v) is 9.91. The summed E-state index contributed by atoms with van der Waals surface area (Å²) in [5, 5.41) is 12.8. The predicted octanol–water partition coefficient (Wildman–Crippen LogP) is 4.10. The van der Waals surface area contributed by atoms with Crippen LogP contribution in [-0.4, -0.2) is 36.3 Å². The summed E-state index contributed by atoms with van der Waals surface area (Å²) in [5.74, 6) is -0.677. The number of carbonyl (C=O) groups excluding carboxylic acids is 1. The van der Waals surface area contributed by atoms with Gasteiger partial charge in [0.05, 0.1) is 13.2 Å². The molecule has 2 aromatic carbocycles. The van der Waals surface area contributed by atoms with Gasteiger partial charge >= 0.3 is 5.97 Å². The summed E-state index contributed by atoms with van der Waals surface area (Å²) in [6.07, 6.45) is 2.18. The summed E-state index contributed by atoms with van der Waals surface area (Å²) in [6.45, 7) is 3.82. The van der Waals surface area contributed by atoms with Crippen LogP contribution in [0.2, 0.25) is 5.02 Å². The van der Waals surface area contributed by atoms with E-state index in [1.165, 1.54) is 6.08 Å². The zero-order chi connectivity index (χ0) is 22.1. The molecule has 0 saturated heterocycles. The summed E-state index contributed by atoms with van der Waals surface area (Å²) in [7, 11) is 1.54. The molecule has 0 bridgehead atoms. The van der Waals surface area contributed by atoms with Gasteiger partial charge in [0.15, 0.2) is 6.10 Å². The Hall–Kier alpha value is -2.83. The molecule has 2 rings (SSSR count). The largest absolute Gasteiger partial charge is 0.496 e. The molecule has 6 nitrogen and oxygen atoms in total. The second kappa shape index (κ2) is 11.4. The maximum atomic E-state index is 12.2. The molecule has 0 fully saturated rings. The van der Waals surface area contributed by atoms with Crippen LogP contribution in [0, 0.1) is 0 Å². The average Bonchev–Trinajstić information content (AvgIpc) is 2.70. The Morgan fingerprint density at radius 1 is 1.20 bits per heavy atom. The van der Waals surface area contributed by atoms with E-state index in [1.807, 2.05) is 18.2 Å². The van der Waals surface area contributed by atoms with Crippen molar-refractivity contribution in [1.82, 2.24) is 5.32 Å². The number of ether oxygens (including phenoxy) is 2. The molecule has 160 valence electrons. The number of carbonyl (C=O) groups is 2. The Morgan fingerprint density at radius 3 is 2.60 bits per heavy atom. The molecule has 7 heteroatoms. The molecule has 0 radical (unpaired) electrons. The van der Waals surface area contributed by atoms with E-state index in [2.05, 4.69) is 5.32 Å². The maximum absolute atomic E-state index is 12.2. The van der Waals surface area contributed by atoms with Gasteiger partial charge in [-0.3, -0.25) is 4.79 Å². The minimum atomic E-state index is -1.01. The van der Waals surface area contributed by atoms with Gasteiger partial charge in [0.1, 0.15) is 5.75 Å². The highest BCUT2D eigenvalue weighted by Crippen LogP contribution is 2.21. The van der Waals surface area contributed by atoms with E-state index in [4.69, 9.17) is 21.1 Å². The molecule has 2 aromatic rings. The van der Waals surface area contributed by atoms with Gasteiger partial charge in [-0.15, -0.1) is 0 Å². The number of methoxy groups -OCH3 is 1. The quantitative estimate of drug-likeness (QED) is 0.553. The number of hydrogen-bond donors (Lipinski definition) is 2. The summed E-state index contributed by atoms with van der Waals surface area (Å²) >= 11 is 5.94. The number of carboxylic acids is 1. The van der Waals surface area contributed by atoms with E-state index in [1.54, 1.807) is 51.3 Å². The van der Waals surface area contributed by atoms with E-state index < -0.39 is 12.1 Å². The van der Waals surface area contributed by atoms with Gasteiger partial charge in [0.25, 0.3) is 0 Å². The molecule has 1 atom stereocenters. The number of aliphatic carboxylic acids is 1. The standard InChI is InChI=1S/C23H26ClNO5/c1-15(2)30-21(23(27)28)13-17-7-9-20(29-3)18(11-17)14-25-22(26)10-8-16-5-4-6-19(24)12-16/h4-12,15,21H,13-14H2,1-3H3,(H,25,26)(H,27,28)/b10-8+. The van der Waals surface area contributed by atoms with Crippen LogP contribution in [0.1, 0.15) is 30.5 Å². The fraction of sp³-hybridized carbons (Fsp3) is 0.304. The van der Waals surface area contributed by atoms with Crippen molar-refractivity contribution in [3.63, 3.8) is 0 Å². The first-order valence-electron chi connectivity index (χ1n) is 9.54. The highest BCUT2D eigenvalue weighted by Gasteiger charge is 2.20. The first kappa shape index (κ1) is 23.4. The summed E-state index contributed by atoms with van der Waals surface area (Å²) in [5.41, 5.74) is 2.35. The number of hydrogen-bond acceptors (Lipinski definition) is 4. The summed E-state index contributed by atoms with van der Waals surface area (Å²) in [6, 6.07) is 12.5. The van der Waals surface area contributed by atoms with Gasteiger partial charge in [-0.1, -0.05) is 35.9 Å². The number of carboxylic acid groups (broad SMARTS) is 1. The van der Waals surface area contributed by atoms with Gasteiger partial charge in [-0.25, -0.2) is 4.79 Å². The molecular weight excluding hydrogens is 406 g/mol. The summed E-state index contributed by atoms with van der Waals surface area (Å²) in [4.78, 5) is 23.6. The van der Waals surface area contributed by atoms with E-state index in [-0.39, 0.29) is 25.0 Å². The fourth-order valence-corrected chi connectivity index (χ4v) is 3.06. The van der Waals surface area contributed by atoms with Gasteiger partial charge in [-0.05, 0) is 49.2 Å². The second-order valence-electron chi connectivity index (χ2n) is 6.97. The second-order valence-corrected chi connectivity index (χ2v) is 7.40. The smallest absolute Gasteiger partial charge is 0.333 e. The lowest BCUT2D eigenvalue weighted by molar-refractivity contribution is -0.153. The lowest BCUT2D eigenvalue weighted by Crippen LogP contribution is -2.29. The van der Waals surface area contributed by atoms with Crippen molar-refractivity contribution in [1.29, 1.82) is 0 Å². The SMILES string of the molecule is COc1ccc(CC(OC(C)C)C(=O)O)cc1CNC(=O)/C=C/c1cccc(Cl)c1. The van der Waals surface area contributed by atoms with Crippen LogP contribution in [0.25, 0.3) is 6.08 Å². The molecule has 0 aliphatic rings. The van der Waals surface area contributed by atoms with Crippen molar-refractivity contribution >= 4 is 29.6 Å². The minimum absolute atomic E-state index is 0.200. The molecular formula is C23H26ClNO5. The van der Waals surface area contributed by atoms with Crippen molar-refractivity contribution in [3.8, 4) is 5.75 Å². The Morgan fingerprint density at radius 2 is 1.97 bits per heavy atom. The van der Waals surface area contributed by atoms with Crippen LogP contribution < -0.4 is 10.1 Å². The number of rotatable bonds is 10. The number of nitrogens with one attached hydrogen (secondary N) is 1. The Bertz CT molecular complexity index is 910. The van der Waals surface area contributed by atoms with Crippen molar-refractivity contribution in [2.24, 2.45) is 0 Å². The summed E-state index contributed by atoms with van der Waals surface area (Å²) < 4.78 is 10.8. The highest BCUT2D eigenvalue weighted by molar-refractivity contribution is 6.30. The minimum Gasteiger partial charge on any atom is -0.496 e. The third-order valence-corrected chi connectivity index (χ3v) is 4.44. The molecule has 0 heterocycles. The fourth-order valence-electron chi connectivity index (χ4n) is 2.86.